The topological polar surface area (TPSA) is 62.3 Å². The zero-order valence-corrected chi connectivity index (χ0v) is 16.9. The second-order valence-electron chi connectivity index (χ2n) is 7.06. The summed E-state index contributed by atoms with van der Waals surface area (Å²) >= 11 is 3.31. The minimum Gasteiger partial charge on any atom is -0.440 e. The lowest BCUT2D eigenvalue weighted by atomic mass is 9.81. The van der Waals surface area contributed by atoms with Crippen LogP contribution in [0.5, 0.6) is 0 Å². The molecule has 0 aliphatic carbocycles. The van der Waals surface area contributed by atoms with Crippen LogP contribution in [0, 0.1) is 11.3 Å². The molecular weight excluding hydrogens is 374 g/mol. The molecule has 1 atom stereocenters. The third-order valence-corrected chi connectivity index (χ3v) is 6.46. The number of allylic oxidation sites excluding steroid dienone is 1. The Bertz CT molecular complexity index is 960. The molecule has 0 saturated carbocycles. The van der Waals surface area contributed by atoms with Crippen LogP contribution >= 0.6 is 22.7 Å². The number of nitrogens with zero attached hydrogens (tertiary/aromatic N) is 2. The summed E-state index contributed by atoms with van der Waals surface area (Å²) in [6.45, 7) is 5.98. The summed E-state index contributed by atoms with van der Waals surface area (Å²) in [5.41, 5.74) is 11.2. The SMILES string of the molecule is CC(C)N1CC(=Cc2ccsc2)C2=C(C1)[C@H](c1ccsc1)C(C#N)=C(N)O2. The average molecular weight is 396 g/mol. The van der Waals surface area contributed by atoms with Crippen molar-refractivity contribution in [2.24, 2.45) is 5.73 Å². The Hall–Kier alpha value is -2.33. The van der Waals surface area contributed by atoms with E-state index in [0.717, 1.165) is 41.1 Å². The van der Waals surface area contributed by atoms with Crippen LogP contribution in [0.25, 0.3) is 6.08 Å². The average Bonchev–Trinajstić information content (AvgIpc) is 3.34. The van der Waals surface area contributed by atoms with Gasteiger partial charge in [0.2, 0.25) is 5.88 Å². The normalized spacial score (nSPS) is 22.1. The van der Waals surface area contributed by atoms with Gasteiger partial charge in [0, 0.05) is 24.7 Å². The number of nitrogens with two attached hydrogens (primary N) is 1. The molecule has 4 nitrogen and oxygen atoms in total. The Kier molecular flexibility index (Phi) is 4.92. The molecule has 27 heavy (non-hydrogen) atoms. The second-order valence-corrected chi connectivity index (χ2v) is 8.62. The third kappa shape index (κ3) is 3.34. The van der Waals surface area contributed by atoms with E-state index in [-0.39, 0.29) is 11.8 Å². The molecule has 0 bridgehead atoms. The second kappa shape index (κ2) is 7.35. The van der Waals surface area contributed by atoms with Crippen LogP contribution in [-0.2, 0) is 4.74 Å². The summed E-state index contributed by atoms with van der Waals surface area (Å²) in [6, 6.07) is 6.86. The van der Waals surface area contributed by atoms with Gasteiger partial charge >= 0.3 is 0 Å². The maximum atomic E-state index is 9.76. The van der Waals surface area contributed by atoms with Crippen molar-refractivity contribution < 1.29 is 4.74 Å². The van der Waals surface area contributed by atoms with Crippen molar-refractivity contribution in [3.05, 3.63) is 73.1 Å². The predicted molar refractivity (Wildman–Crippen MR) is 111 cm³/mol. The number of hydrogen-bond acceptors (Lipinski definition) is 6. The molecule has 0 amide bonds. The molecule has 4 rings (SSSR count). The Morgan fingerprint density at radius 3 is 2.67 bits per heavy atom. The van der Waals surface area contributed by atoms with Crippen molar-refractivity contribution in [1.29, 1.82) is 5.26 Å². The van der Waals surface area contributed by atoms with E-state index in [4.69, 9.17) is 10.5 Å². The molecule has 0 radical (unpaired) electrons. The van der Waals surface area contributed by atoms with E-state index < -0.39 is 0 Å². The summed E-state index contributed by atoms with van der Waals surface area (Å²) in [5.74, 6) is 0.921. The van der Waals surface area contributed by atoms with Crippen molar-refractivity contribution in [3.8, 4) is 6.07 Å². The number of hydrogen-bond donors (Lipinski definition) is 1. The van der Waals surface area contributed by atoms with E-state index in [2.05, 4.69) is 59.2 Å². The Morgan fingerprint density at radius 1 is 1.26 bits per heavy atom. The van der Waals surface area contributed by atoms with Crippen molar-refractivity contribution >= 4 is 28.7 Å². The first-order chi connectivity index (χ1) is 13.1. The molecule has 2 aromatic rings. The molecule has 0 fully saturated rings. The fraction of sp³-hybridized carbons (Fsp3) is 0.286. The van der Waals surface area contributed by atoms with Gasteiger partial charge < -0.3 is 10.5 Å². The first kappa shape index (κ1) is 18.1. The van der Waals surface area contributed by atoms with Crippen molar-refractivity contribution in [1.82, 2.24) is 4.90 Å². The van der Waals surface area contributed by atoms with E-state index in [1.165, 1.54) is 0 Å². The Labute approximate surface area is 167 Å². The van der Waals surface area contributed by atoms with Crippen LogP contribution < -0.4 is 5.73 Å². The van der Waals surface area contributed by atoms with Gasteiger partial charge in [-0.2, -0.15) is 27.9 Å². The van der Waals surface area contributed by atoms with Gasteiger partial charge in [-0.3, -0.25) is 4.90 Å². The van der Waals surface area contributed by atoms with Gasteiger partial charge in [-0.05, 0) is 70.3 Å². The first-order valence-electron chi connectivity index (χ1n) is 8.88. The number of nitriles is 1. The first-order valence-corrected chi connectivity index (χ1v) is 10.8. The molecule has 2 aromatic heterocycles. The minimum absolute atomic E-state index is 0.141. The summed E-state index contributed by atoms with van der Waals surface area (Å²) in [4.78, 5) is 2.41. The van der Waals surface area contributed by atoms with E-state index in [0.29, 0.717) is 11.6 Å². The number of ether oxygens (including phenoxy) is 1. The van der Waals surface area contributed by atoms with Crippen LogP contribution in [0.1, 0.15) is 30.9 Å². The number of rotatable bonds is 3. The molecule has 0 aromatic carbocycles. The lowest BCUT2D eigenvalue weighted by Crippen LogP contribution is -2.41. The molecule has 0 unspecified atom stereocenters. The molecule has 2 aliphatic rings. The van der Waals surface area contributed by atoms with Crippen molar-refractivity contribution in [2.75, 3.05) is 13.1 Å². The maximum absolute atomic E-state index is 9.76. The van der Waals surface area contributed by atoms with E-state index in [1.807, 2.05) is 5.38 Å². The molecule has 4 heterocycles. The van der Waals surface area contributed by atoms with Crippen LogP contribution in [0.2, 0.25) is 0 Å². The zero-order valence-electron chi connectivity index (χ0n) is 15.3. The molecule has 2 N–H and O–H groups in total. The fourth-order valence-corrected chi connectivity index (χ4v) is 4.94. The smallest absolute Gasteiger partial charge is 0.205 e. The standard InChI is InChI=1S/C21H21N3OS2/c1-13(2)24-9-16(7-14-3-5-26-11-14)20-18(10-24)19(15-4-6-27-12-15)17(8-22)21(23)25-20/h3-7,11-13,19H,9-10,23H2,1-2H3/t19-/m1/s1. The highest BCUT2D eigenvalue weighted by Gasteiger charge is 2.38. The van der Waals surface area contributed by atoms with Gasteiger partial charge in [0.05, 0.1) is 5.92 Å². The van der Waals surface area contributed by atoms with Crippen LogP contribution in [0.4, 0.5) is 0 Å². The molecule has 138 valence electrons. The lowest BCUT2D eigenvalue weighted by Gasteiger charge is -2.39. The van der Waals surface area contributed by atoms with Gasteiger partial charge in [0.1, 0.15) is 17.4 Å². The van der Waals surface area contributed by atoms with Crippen LogP contribution in [0.15, 0.2) is 62.0 Å². The highest BCUT2D eigenvalue weighted by molar-refractivity contribution is 7.08. The molecule has 2 aliphatic heterocycles. The molecule has 0 saturated heterocycles. The maximum Gasteiger partial charge on any atom is 0.205 e. The Balaban J connectivity index is 1.87. The van der Waals surface area contributed by atoms with Gasteiger partial charge in [0.15, 0.2) is 0 Å². The highest BCUT2D eigenvalue weighted by Crippen LogP contribution is 2.44. The highest BCUT2D eigenvalue weighted by atomic mass is 32.1. The fourth-order valence-electron chi connectivity index (χ4n) is 3.64. The van der Waals surface area contributed by atoms with Crippen LogP contribution in [0.3, 0.4) is 0 Å². The summed E-state index contributed by atoms with van der Waals surface area (Å²) in [5, 5.41) is 18.1. The summed E-state index contributed by atoms with van der Waals surface area (Å²) < 4.78 is 6.04. The van der Waals surface area contributed by atoms with Crippen LogP contribution in [-0.4, -0.2) is 24.0 Å². The van der Waals surface area contributed by atoms with Gasteiger partial charge in [0.25, 0.3) is 0 Å². The minimum atomic E-state index is -0.141. The van der Waals surface area contributed by atoms with Gasteiger partial charge in [-0.25, -0.2) is 0 Å². The molecule has 6 heteroatoms. The van der Waals surface area contributed by atoms with Gasteiger partial charge in [-0.1, -0.05) is 0 Å². The quantitative estimate of drug-likeness (QED) is 0.820. The Morgan fingerprint density at radius 2 is 2.04 bits per heavy atom. The van der Waals surface area contributed by atoms with E-state index in [1.54, 1.807) is 22.7 Å². The molecular formula is C21H21N3OS2. The zero-order chi connectivity index (χ0) is 19.0. The van der Waals surface area contributed by atoms with E-state index in [9.17, 15) is 5.26 Å². The summed E-state index contributed by atoms with van der Waals surface area (Å²) in [7, 11) is 0. The third-order valence-electron chi connectivity index (χ3n) is 5.06. The molecule has 0 spiro atoms. The summed E-state index contributed by atoms with van der Waals surface area (Å²) in [6.07, 6.45) is 2.18. The largest absolute Gasteiger partial charge is 0.440 e. The predicted octanol–water partition coefficient (Wildman–Crippen LogP) is 4.68. The lowest BCUT2D eigenvalue weighted by molar-refractivity contribution is 0.208. The van der Waals surface area contributed by atoms with E-state index >= 15 is 0 Å². The van der Waals surface area contributed by atoms with Gasteiger partial charge in [-0.15, -0.1) is 0 Å². The van der Waals surface area contributed by atoms with Crippen molar-refractivity contribution in [3.63, 3.8) is 0 Å². The van der Waals surface area contributed by atoms with Crippen molar-refractivity contribution in [2.45, 2.75) is 25.8 Å². The monoisotopic (exact) mass is 395 g/mol. The number of thiophene rings is 2.